The fourth-order valence-corrected chi connectivity index (χ4v) is 7.03. The van der Waals surface area contributed by atoms with Crippen molar-refractivity contribution in [1.29, 1.82) is 0 Å². The first kappa shape index (κ1) is 36.2. The molecular formula is C38H44ClN7O5. The number of pyridine rings is 3. The number of hydrogen-bond donors (Lipinski definition) is 3. The first-order valence-corrected chi connectivity index (χ1v) is 17.5. The number of hydrogen-bond acceptors (Lipinski definition) is 10. The number of nitrogens with zero attached hydrogens (tertiary/aromatic N) is 5. The summed E-state index contributed by atoms with van der Waals surface area (Å²) < 4.78 is 11.3. The summed E-state index contributed by atoms with van der Waals surface area (Å²) in [5, 5.41) is 16.9. The van der Waals surface area contributed by atoms with Crippen molar-refractivity contribution in [2.45, 2.75) is 58.3 Å². The van der Waals surface area contributed by atoms with Gasteiger partial charge >= 0.3 is 0 Å². The molecule has 2 aliphatic heterocycles. The number of likely N-dealkylation sites (tertiary alicyclic amines) is 2. The van der Waals surface area contributed by atoms with Crippen molar-refractivity contribution in [3.8, 4) is 34.1 Å². The van der Waals surface area contributed by atoms with Crippen LogP contribution in [0.1, 0.15) is 53.4 Å². The maximum absolute atomic E-state index is 13.4. The Labute approximate surface area is 303 Å². The van der Waals surface area contributed by atoms with Crippen molar-refractivity contribution in [1.82, 2.24) is 30.1 Å². The molecule has 0 spiro atoms. The van der Waals surface area contributed by atoms with E-state index in [-0.39, 0.29) is 23.6 Å². The molecule has 4 aromatic rings. The Morgan fingerprint density at radius 3 is 2.51 bits per heavy atom. The highest BCUT2D eigenvalue weighted by Gasteiger charge is 2.24. The lowest BCUT2D eigenvalue weighted by molar-refractivity contribution is -0.129. The number of rotatable bonds is 11. The summed E-state index contributed by atoms with van der Waals surface area (Å²) >= 11 is 7.04. The first-order valence-electron chi connectivity index (χ1n) is 17.2. The molecule has 3 aromatic heterocycles. The van der Waals surface area contributed by atoms with Crippen LogP contribution in [0, 0.1) is 6.92 Å². The van der Waals surface area contributed by atoms with Crippen LogP contribution in [-0.2, 0) is 17.9 Å². The quantitative estimate of drug-likeness (QED) is 0.192. The normalized spacial score (nSPS) is 16.7. The maximum atomic E-state index is 13.4. The highest BCUT2D eigenvalue weighted by atomic mass is 35.5. The van der Waals surface area contributed by atoms with Crippen LogP contribution < -0.4 is 20.1 Å². The second-order valence-corrected chi connectivity index (χ2v) is 13.4. The smallest absolute Gasteiger partial charge is 0.274 e. The number of carbonyl (C=O) groups excluding carboxylic acids is 2. The molecule has 2 amide bonds. The van der Waals surface area contributed by atoms with E-state index in [9.17, 15) is 14.7 Å². The number of β-amino-alcohol motifs (C(OH)–C–C–N with tert-alkyl or cyclic N) is 1. The molecule has 2 aliphatic rings. The van der Waals surface area contributed by atoms with E-state index < -0.39 is 0 Å². The molecule has 0 saturated carbocycles. The van der Waals surface area contributed by atoms with Gasteiger partial charge in [0.25, 0.3) is 5.91 Å². The number of halogens is 1. The van der Waals surface area contributed by atoms with Gasteiger partial charge in [-0.3, -0.25) is 24.5 Å². The molecule has 0 aliphatic carbocycles. The summed E-state index contributed by atoms with van der Waals surface area (Å²) in [5.41, 5.74) is 6.04. The first-order chi connectivity index (χ1) is 24.6. The van der Waals surface area contributed by atoms with Gasteiger partial charge in [0.2, 0.25) is 11.8 Å². The maximum Gasteiger partial charge on any atom is 0.274 e. The molecule has 12 nitrogen and oxygen atoms in total. The van der Waals surface area contributed by atoms with Crippen molar-refractivity contribution in [3.05, 3.63) is 82.3 Å². The highest BCUT2D eigenvalue weighted by Crippen LogP contribution is 2.38. The number of aliphatic hydroxyl groups is 1. The molecule has 51 heavy (non-hydrogen) atoms. The number of ether oxygens (including phenoxy) is 2. The number of benzene rings is 1. The summed E-state index contributed by atoms with van der Waals surface area (Å²) in [5.74, 6) is 0.812. The number of amides is 2. The van der Waals surface area contributed by atoms with Gasteiger partial charge in [-0.2, -0.15) is 0 Å². The number of methoxy groups -OCH3 is 2. The number of anilines is 1. The Bertz CT molecular complexity index is 1900. The monoisotopic (exact) mass is 713 g/mol. The zero-order valence-electron chi connectivity index (χ0n) is 29.4. The molecule has 13 heteroatoms. The Morgan fingerprint density at radius 1 is 1.00 bits per heavy atom. The van der Waals surface area contributed by atoms with E-state index in [1.807, 2.05) is 48.2 Å². The van der Waals surface area contributed by atoms with Gasteiger partial charge in [-0.05, 0) is 49.9 Å². The number of carbonyl (C=O) groups is 2. The van der Waals surface area contributed by atoms with Crippen LogP contribution in [0.2, 0.25) is 5.02 Å². The topological polar surface area (TPSA) is 142 Å². The van der Waals surface area contributed by atoms with Gasteiger partial charge in [0.05, 0.1) is 36.7 Å². The van der Waals surface area contributed by atoms with Gasteiger partial charge in [0, 0.05) is 98.6 Å². The van der Waals surface area contributed by atoms with E-state index >= 15 is 0 Å². The molecule has 2 fully saturated rings. The SMILES string of the molecule is COc1cc(C(=O)Nc2cccc(-c3nccc(-c4ccc(CNC5CCN(C(C)=O)CC5)c(OC)n4)c3Cl)c2C)ncc1CN1CC[C@@H](O)C1. The fourth-order valence-electron chi connectivity index (χ4n) is 6.72. The Hall–Kier alpha value is -4.62. The van der Waals surface area contributed by atoms with Crippen LogP contribution in [0.15, 0.2) is 54.9 Å². The van der Waals surface area contributed by atoms with Crippen molar-refractivity contribution in [2.75, 3.05) is 45.7 Å². The van der Waals surface area contributed by atoms with Gasteiger partial charge in [-0.15, -0.1) is 0 Å². The van der Waals surface area contributed by atoms with Gasteiger partial charge in [-0.25, -0.2) is 4.98 Å². The number of aliphatic hydroxyl groups excluding tert-OH is 1. The largest absolute Gasteiger partial charge is 0.496 e. The molecule has 268 valence electrons. The van der Waals surface area contributed by atoms with Gasteiger partial charge in [-0.1, -0.05) is 29.8 Å². The summed E-state index contributed by atoms with van der Waals surface area (Å²) in [4.78, 5) is 42.9. The lowest BCUT2D eigenvalue weighted by Gasteiger charge is -2.31. The third kappa shape index (κ3) is 8.31. The molecule has 0 bridgehead atoms. The second-order valence-electron chi connectivity index (χ2n) is 13.0. The van der Waals surface area contributed by atoms with Crippen LogP contribution in [0.3, 0.4) is 0 Å². The van der Waals surface area contributed by atoms with Gasteiger partial charge in [0.15, 0.2) is 0 Å². The third-order valence-electron chi connectivity index (χ3n) is 9.69. The Morgan fingerprint density at radius 2 is 1.80 bits per heavy atom. The van der Waals surface area contributed by atoms with E-state index in [0.29, 0.717) is 65.0 Å². The average molecular weight is 714 g/mol. The highest BCUT2D eigenvalue weighted by molar-refractivity contribution is 6.35. The summed E-state index contributed by atoms with van der Waals surface area (Å²) in [7, 11) is 3.17. The van der Waals surface area contributed by atoms with Crippen molar-refractivity contribution >= 4 is 29.1 Å². The van der Waals surface area contributed by atoms with Crippen LogP contribution in [0.25, 0.3) is 22.5 Å². The summed E-state index contributed by atoms with van der Waals surface area (Å²) in [6.45, 7) is 7.60. The summed E-state index contributed by atoms with van der Waals surface area (Å²) in [6, 6.07) is 13.3. The summed E-state index contributed by atoms with van der Waals surface area (Å²) in [6.07, 6.45) is 5.57. The molecule has 1 aromatic carbocycles. The zero-order valence-corrected chi connectivity index (χ0v) is 30.2. The molecule has 1 atom stereocenters. The van der Waals surface area contributed by atoms with E-state index in [1.54, 1.807) is 39.6 Å². The third-order valence-corrected chi connectivity index (χ3v) is 10.1. The molecule has 5 heterocycles. The minimum atomic E-state index is -0.378. The molecule has 2 saturated heterocycles. The predicted octanol–water partition coefficient (Wildman–Crippen LogP) is 5.10. The number of piperidine rings is 1. The second kappa shape index (κ2) is 16.2. The van der Waals surface area contributed by atoms with Crippen molar-refractivity contribution < 1.29 is 24.2 Å². The van der Waals surface area contributed by atoms with E-state index in [1.165, 1.54) is 0 Å². The van der Waals surface area contributed by atoms with Gasteiger partial charge in [0.1, 0.15) is 11.4 Å². The van der Waals surface area contributed by atoms with Crippen molar-refractivity contribution in [3.63, 3.8) is 0 Å². The van der Waals surface area contributed by atoms with Gasteiger partial charge < -0.3 is 30.1 Å². The van der Waals surface area contributed by atoms with Crippen LogP contribution in [-0.4, -0.2) is 94.2 Å². The van der Waals surface area contributed by atoms with Crippen LogP contribution in [0.4, 0.5) is 5.69 Å². The molecule has 0 unspecified atom stereocenters. The van der Waals surface area contributed by atoms with Crippen LogP contribution in [0.5, 0.6) is 11.6 Å². The minimum absolute atomic E-state index is 0.121. The standard InChI is InChI=1S/C38H44ClN7O5/c1-23-29(6-5-7-31(23)43-37(49)33-18-34(50-3)26(20-42-33)21-45-15-13-28(48)22-45)36-35(39)30(10-14-40-36)32-9-8-25(38(44-32)51-4)19-41-27-11-16-46(17-12-27)24(2)47/h5-10,14,18,20,27-28,41,48H,11-13,15-17,19,21-22H2,1-4H3,(H,43,49)/t28-/m1/s1. The lowest BCUT2D eigenvalue weighted by atomic mass is 10.0. The molecule has 6 rings (SSSR count). The molecule has 0 radical (unpaired) electrons. The molecule has 3 N–H and O–H groups in total. The van der Waals surface area contributed by atoms with E-state index in [4.69, 9.17) is 26.1 Å². The van der Waals surface area contributed by atoms with E-state index in [0.717, 1.165) is 61.2 Å². The molecular weight excluding hydrogens is 670 g/mol. The predicted molar refractivity (Wildman–Crippen MR) is 196 cm³/mol. The average Bonchev–Trinajstić information content (AvgIpc) is 3.56. The lowest BCUT2D eigenvalue weighted by Crippen LogP contribution is -2.44. The number of aromatic nitrogens is 3. The van der Waals surface area contributed by atoms with Crippen LogP contribution >= 0.6 is 11.6 Å². The fraction of sp³-hybridized carbons (Fsp3) is 0.395. The Balaban J connectivity index is 1.17. The number of nitrogens with one attached hydrogen (secondary N) is 2. The van der Waals surface area contributed by atoms with E-state index in [2.05, 4.69) is 25.5 Å². The Kier molecular flexibility index (Phi) is 11.5. The minimum Gasteiger partial charge on any atom is -0.496 e. The zero-order chi connectivity index (χ0) is 36.1. The van der Waals surface area contributed by atoms with Crippen molar-refractivity contribution in [2.24, 2.45) is 0 Å².